The molecule has 0 atom stereocenters. The van der Waals surface area contributed by atoms with Crippen LogP contribution in [0.1, 0.15) is 11.1 Å². The fraction of sp³-hybridized carbons (Fsp3) is 0. The molecule has 8 aromatic rings. The zero-order valence-electron chi connectivity index (χ0n) is 21.9. The molecule has 0 unspecified atom stereocenters. The molecule has 0 radical (unpaired) electrons. The highest BCUT2D eigenvalue weighted by molar-refractivity contribution is 6.11. The Labute approximate surface area is 232 Å². The Morgan fingerprint density at radius 2 is 0.700 bits per heavy atom. The normalized spacial score (nSPS) is 11.9. The molecule has 2 heterocycles. The van der Waals surface area contributed by atoms with Crippen molar-refractivity contribution in [3.63, 3.8) is 0 Å². The fourth-order valence-corrected chi connectivity index (χ4v) is 6.09. The van der Waals surface area contributed by atoms with Crippen molar-refractivity contribution in [2.45, 2.75) is 0 Å². The lowest BCUT2D eigenvalue weighted by molar-refractivity contribution is 1.18. The Bertz CT molecular complexity index is 2040. The summed E-state index contributed by atoms with van der Waals surface area (Å²) in [4.78, 5) is 0. The molecule has 0 aliphatic carbocycles. The van der Waals surface area contributed by atoms with E-state index in [2.05, 4.69) is 167 Å². The third-order valence-corrected chi connectivity index (χ3v) is 7.89. The quantitative estimate of drug-likeness (QED) is 0.208. The molecule has 2 nitrogen and oxygen atoms in total. The van der Waals surface area contributed by atoms with E-state index < -0.39 is 0 Å². The number of aromatic nitrogens is 2. The summed E-state index contributed by atoms with van der Waals surface area (Å²) in [6.45, 7) is 0. The summed E-state index contributed by atoms with van der Waals surface area (Å²) < 4.78 is 4.71. The summed E-state index contributed by atoms with van der Waals surface area (Å²) in [7, 11) is 0. The van der Waals surface area contributed by atoms with E-state index in [1.165, 1.54) is 66.1 Å². The van der Waals surface area contributed by atoms with Crippen LogP contribution in [0, 0.1) is 0 Å². The summed E-state index contributed by atoms with van der Waals surface area (Å²) in [5, 5.41) is 5.07. The number of rotatable bonds is 4. The monoisotopic (exact) mass is 510 g/mol. The van der Waals surface area contributed by atoms with Gasteiger partial charge in [-0.25, -0.2) is 0 Å². The van der Waals surface area contributed by atoms with Crippen molar-refractivity contribution < 1.29 is 0 Å². The summed E-state index contributed by atoms with van der Waals surface area (Å²) in [6, 6.07) is 52.1. The standard InChI is InChI=1S/C38H26N2/c1-3-11-29(12-4-1)39-35-17-9-7-15-31(35)33-25-27(21-23-37(33)39)19-20-28-22-24-38-34(26-28)32-16-8-10-18-36(32)40(38)30-13-5-2-6-14-30/h1-26H/b20-19+. The molecule has 40 heavy (non-hydrogen) atoms. The molecule has 6 aromatic carbocycles. The minimum atomic E-state index is 1.18. The molecule has 2 heteroatoms. The average Bonchev–Trinajstić information content (AvgIpc) is 3.53. The molecule has 0 aliphatic heterocycles. The van der Waals surface area contributed by atoms with Crippen molar-refractivity contribution in [2.24, 2.45) is 0 Å². The van der Waals surface area contributed by atoms with E-state index in [9.17, 15) is 0 Å². The van der Waals surface area contributed by atoms with Crippen molar-refractivity contribution >= 4 is 55.8 Å². The van der Waals surface area contributed by atoms with E-state index in [0.717, 1.165) is 0 Å². The number of para-hydroxylation sites is 4. The molecule has 0 amide bonds. The molecule has 2 aromatic heterocycles. The lowest BCUT2D eigenvalue weighted by atomic mass is 10.1. The van der Waals surface area contributed by atoms with Crippen LogP contribution in [0.2, 0.25) is 0 Å². The molecule has 8 rings (SSSR count). The van der Waals surface area contributed by atoms with Gasteiger partial charge in [-0.05, 0) is 71.8 Å². The fourth-order valence-electron chi connectivity index (χ4n) is 6.09. The van der Waals surface area contributed by atoms with Gasteiger partial charge in [-0.15, -0.1) is 0 Å². The van der Waals surface area contributed by atoms with E-state index in [4.69, 9.17) is 0 Å². The second kappa shape index (κ2) is 9.14. The van der Waals surface area contributed by atoms with Gasteiger partial charge in [0.15, 0.2) is 0 Å². The Kier molecular flexibility index (Phi) is 5.17. The zero-order chi connectivity index (χ0) is 26.5. The molecule has 0 aliphatic rings. The van der Waals surface area contributed by atoms with Crippen LogP contribution in [0.5, 0.6) is 0 Å². The van der Waals surface area contributed by atoms with Crippen LogP contribution in [0.25, 0.3) is 67.1 Å². The first-order chi connectivity index (χ1) is 19.8. The predicted octanol–water partition coefficient (Wildman–Crippen LogP) is 10.1. The zero-order valence-corrected chi connectivity index (χ0v) is 21.9. The summed E-state index contributed by atoms with van der Waals surface area (Å²) >= 11 is 0. The van der Waals surface area contributed by atoms with Gasteiger partial charge < -0.3 is 9.13 Å². The molecule has 0 spiro atoms. The summed E-state index contributed by atoms with van der Waals surface area (Å²) in [6.07, 6.45) is 4.46. The molecule has 188 valence electrons. The maximum absolute atomic E-state index is 2.36. The minimum Gasteiger partial charge on any atom is -0.309 e. The van der Waals surface area contributed by atoms with Crippen molar-refractivity contribution in [1.82, 2.24) is 9.13 Å². The SMILES string of the molecule is C(=C\c1ccc2c(c1)c1ccccc1n2-c1ccccc1)/c1ccc2c(c1)c1ccccc1n2-c1ccccc1. The van der Waals surface area contributed by atoms with Gasteiger partial charge in [0.25, 0.3) is 0 Å². The van der Waals surface area contributed by atoms with E-state index in [1.54, 1.807) is 0 Å². The maximum atomic E-state index is 2.36. The van der Waals surface area contributed by atoms with Crippen LogP contribution in [-0.2, 0) is 0 Å². The molecular formula is C38H26N2. The van der Waals surface area contributed by atoms with Gasteiger partial charge in [-0.3, -0.25) is 0 Å². The molecule has 0 bridgehead atoms. The predicted molar refractivity (Wildman–Crippen MR) is 170 cm³/mol. The highest BCUT2D eigenvalue weighted by atomic mass is 15.0. The molecule has 0 saturated carbocycles. The number of nitrogens with zero attached hydrogens (tertiary/aromatic N) is 2. The minimum absolute atomic E-state index is 1.18. The Balaban J connectivity index is 1.23. The third-order valence-electron chi connectivity index (χ3n) is 7.89. The van der Waals surface area contributed by atoms with Crippen molar-refractivity contribution in [3.05, 3.63) is 157 Å². The highest BCUT2D eigenvalue weighted by Gasteiger charge is 2.13. The third kappa shape index (κ3) is 3.58. The Morgan fingerprint density at radius 1 is 0.325 bits per heavy atom. The first kappa shape index (κ1) is 22.6. The van der Waals surface area contributed by atoms with Gasteiger partial charge in [-0.1, -0.05) is 97.1 Å². The first-order valence-electron chi connectivity index (χ1n) is 13.7. The van der Waals surface area contributed by atoms with E-state index in [1.807, 2.05) is 0 Å². The average molecular weight is 511 g/mol. The molecule has 0 saturated heterocycles. The van der Waals surface area contributed by atoms with Gasteiger partial charge in [0, 0.05) is 32.9 Å². The van der Waals surface area contributed by atoms with Crippen LogP contribution in [-0.4, -0.2) is 9.13 Å². The topological polar surface area (TPSA) is 9.86 Å². The van der Waals surface area contributed by atoms with Gasteiger partial charge in [0.2, 0.25) is 0 Å². The van der Waals surface area contributed by atoms with Crippen LogP contribution in [0.3, 0.4) is 0 Å². The molecule has 0 fully saturated rings. The number of benzene rings is 6. The van der Waals surface area contributed by atoms with Crippen LogP contribution < -0.4 is 0 Å². The smallest absolute Gasteiger partial charge is 0.0541 e. The van der Waals surface area contributed by atoms with Gasteiger partial charge in [0.1, 0.15) is 0 Å². The van der Waals surface area contributed by atoms with Crippen LogP contribution in [0.4, 0.5) is 0 Å². The Morgan fingerprint density at radius 3 is 1.15 bits per heavy atom. The number of fused-ring (bicyclic) bond motifs is 6. The van der Waals surface area contributed by atoms with Crippen molar-refractivity contribution in [3.8, 4) is 11.4 Å². The van der Waals surface area contributed by atoms with E-state index in [0.29, 0.717) is 0 Å². The Hall–Kier alpha value is -5.34. The summed E-state index contributed by atoms with van der Waals surface area (Å²) in [5.74, 6) is 0. The number of hydrogen-bond donors (Lipinski definition) is 0. The van der Waals surface area contributed by atoms with Gasteiger partial charge >= 0.3 is 0 Å². The summed E-state index contributed by atoms with van der Waals surface area (Å²) in [5.41, 5.74) is 9.64. The molecular weight excluding hydrogens is 484 g/mol. The lowest BCUT2D eigenvalue weighted by Crippen LogP contribution is -1.92. The van der Waals surface area contributed by atoms with Crippen molar-refractivity contribution in [2.75, 3.05) is 0 Å². The van der Waals surface area contributed by atoms with E-state index >= 15 is 0 Å². The molecule has 0 N–H and O–H groups in total. The second-order valence-corrected chi connectivity index (χ2v) is 10.3. The largest absolute Gasteiger partial charge is 0.309 e. The van der Waals surface area contributed by atoms with Gasteiger partial charge in [-0.2, -0.15) is 0 Å². The van der Waals surface area contributed by atoms with Crippen LogP contribution >= 0.6 is 0 Å². The highest BCUT2D eigenvalue weighted by Crippen LogP contribution is 2.34. The second-order valence-electron chi connectivity index (χ2n) is 10.3. The first-order valence-corrected chi connectivity index (χ1v) is 13.7. The van der Waals surface area contributed by atoms with E-state index in [-0.39, 0.29) is 0 Å². The van der Waals surface area contributed by atoms with Crippen LogP contribution in [0.15, 0.2) is 146 Å². The van der Waals surface area contributed by atoms with Crippen molar-refractivity contribution in [1.29, 1.82) is 0 Å². The van der Waals surface area contributed by atoms with Gasteiger partial charge in [0.05, 0.1) is 22.1 Å². The number of hydrogen-bond acceptors (Lipinski definition) is 0. The maximum Gasteiger partial charge on any atom is 0.0541 e. The lowest BCUT2D eigenvalue weighted by Gasteiger charge is -2.07.